The molecule has 0 N–H and O–H groups in total. The molecule has 0 aromatic heterocycles. The van der Waals surface area contributed by atoms with Crippen molar-refractivity contribution in [2.24, 2.45) is 0 Å². The summed E-state index contributed by atoms with van der Waals surface area (Å²) in [5, 5.41) is 0. The van der Waals surface area contributed by atoms with Crippen molar-refractivity contribution in [3.8, 4) is 0 Å². The van der Waals surface area contributed by atoms with Crippen molar-refractivity contribution >= 4 is 29.1 Å². The molecule has 0 spiro atoms. The molecular formula is C33H31F2N3O4. The minimum absolute atomic E-state index is 0.152. The van der Waals surface area contributed by atoms with E-state index >= 15 is 0 Å². The summed E-state index contributed by atoms with van der Waals surface area (Å²) in [7, 11) is 0. The van der Waals surface area contributed by atoms with Crippen LogP contribution < -0.4 is 4.90 Å². The molecule has 1 saturated heterocycles. The highest BCUT2D eigenvalue weighted by molar-refractivity contribution is 6.24. The van der Waals surface area contributed by atoms with Crippen molar-refractivity contribution in [1.82, 2.24) is 9.80 Å². The van der Waals surface area contributed by atoms with E-state index in [9.17, 15) is 28.0 Å². The molecule has 3 aliphatic rings. The molecule has 6 rings (SSSR count). The maximum Gasteiger partial charge on any atom is 0.262 e. The second-order valence-corrected chi connectivity index (χ2v) is 11.2. The van der Waals surface area contributed by atoms with Crippen LogP contribution in [0, 0.1) is 11.6 Å². The number of Topliss-reactive ketones (excluding diaryl/α,β-unsaturated/α-hetero) is 2. The van der Waals surface area contributed by atoms with Crippen LogP contribution >= 0.6 is 0 Å². The van der Waals surface area contributed by atoms with E-state index in [1.54, 1.807) is 12.1 Å². The summed E-state index contributed by atoms with van der Waals surface area (Å²) >= 11 is 0. The average molecular weight is 572 g/mol. The van der Waals surface area contributed by atoms with Gasteiger partial charge in [-0.1, -0.05) is 36.4 Å². The summed E-state index contributed by atoms with van der Waals surface area (Å²) in [5.41, 5.74) is 4.15. The van der Waals surface area contributed by atoms with Crippen molar-refractivity contribution in [2.75, 3.05) is 31.1 Å². The Balaban J connectivity index is 1.05. The Kier molecular flexibility index (Phi) is 7.68. The number of piperazine rings is 1. The number of nitrogens with zero attached hydrogens (tertiary/aromatic N) is 3. The Morgan fingerprint density at radius 3 is 2.24 bits per heavy atom. The van der Waals surface area contributed by atoms with Gasteiger partial charge in [0.05, 0.1) is 29.3 Å². The molecule has 1 unspecified atom stereocenters. The van der Waals surface area contributed by atoms with Crippen LogP contribution in [-0.2, 0) is 29.0 Å². The van der Waals surface area contributed by atoms with Crippen LogP contribution in [0.4, 0.5) is 14.5 Å². The molecule has 9 heteroatoms. The molecule has 1 atom stereocenters. The van der Waals surface area contributed by atoms with Crippen molar-refractivity contribution in [3.05, 3.63) is 100 Å². The van der Waals surface area contributed by atoms with Gasteiger partial charge in [0.25, 0.3) is 11.8 Å². The second kappa shape index (κ2) is 11.6. The van der Waals surface area contributed by atoms with Gasteiger partial charge >= 0.3 is 0 Å². The highest BCUT2D eigenvalue weighted by Crippen LogP contribution is 2.31. The number of carbonyl (C=O) groups is 4. The number of rotatable bonds is 7. The zero-order valence-corrected chi connectivity index (χ0v) is 23.2. The molecule has 7 nitrogen and oxygen atoms in total. The van der Waals surface area contributed by atoms with Gasteiger partial charge in [0, 0.05) is 45.2 Å². The largest absolute Gasteiger partial charge is 0.367 e. The molecule has 1 aliphatic carbocycles. The van der Waals surface area contributed by atoms with E-state index < -0.39 is 29.5 Å². The summed E-state index contributed by atoms with van der Waals surface area (Å²) in [4.78, 5) is 55.9. The highest BCUT2D eigenvalue weighted by Gasteiger charge is 2.45. The van der Waals surface area contributed by atoms with Gasteiger partial charge in [0.2, 0.25) is 0 Å². The third kappa shape index (κ3) is 5.48. The van der Waals surface area contributed by atoms with Crippen molar-refractivity contribution in [1.29, 1.82) is 0 Å². The van der Waals surface area contributed by atoms with Gasteiger partial charge < -0.3 is 4.90 Å². The van der Waals surface area contributed by atoms with E-state index in [2.05, 4.69) is 29.2 Å². The number of amides is 2. The van der Waals surface area contributed by atoms with Gasteiger partial charge in [-0.15, -0.1) is 0 Å². The van der Waals surface area contributed by atoms with E-state index in [-0.39, 0.29) is 30.8 Å². The Hall–Kier alpha value is -4.24. The number of fused-ring (bicyclic) bond motifs is 1. The van der Waals surface area contributed by atoms with Crippen LogP contribution in [-0.4, -0.2) is 65.4 Å². The lowest BCUT2D eigenvalue weighted by atomic mass is 9.92. The number of imide groups is 1. The van der Waals surface area contributed by atoms with Crippen LogP contribution in [0.25, 0.3) is 0 Å². The molecule has 2 aliphatic heterocycles. The van der Waals surface area contributed by atoms with Crippen molar-refractivity contribution in [2.45, 2.75) is 44.7 Å². The standard InChI is InChI=1S/C33H31F2N3O4/c34-24-10-12-28(27(35)18-24)37-16-14-36(15-17-37)20-22-6-4-21(5-7-22)8-9-23-2-1-3-26-31(23)33(42)38(32(26)41)29-13-11-25(39)19-30(29)40/h1-7,10,12,18,29H,8-9,11,13-17,19-20H2. The first-order valence-electron chi connectivity index (χ1n) is 14.3. The topological polar surface area (TPSA) is 78.0 Å². The van der Waals surface area contributed by atoms with E-state index in [0.717, 1.165) is 47.3 Å². The normalized spacial score (nSPS) is 19.5. The lowest BCUT2D eigenvalue weighted by Crippen LogP contribution is -2.47. The average Bonchev–Trinajstić information content (AvgIpc) is 3.23. The number of hydrogen-bond donors (Lipinski definition) is 0. The second-order valence-electron chi connectivity index (χ2n) is 11.2. The third-order valence-electron chi connectivity index (χ3n) is 8.52. The zero-order chi connectivity index (χ0) is 29.4. The first-order chi connectivity index (χ1) is 20.3. The number of halogens is 2. The van der Waals surface area contributed by atoms with Gasteiger partial charge in [-0.2, -0.15) is 0 Å². The molecular weight excluding hydrogens is 540 g/mol. The Morgan fingerprint density at radius 1 is 0.786 bits per heavy atom. The summed E-state index contributed by atoms with van der Waals surface area (Å²) in [5.74, 6) is -2.54. The summed E-state index contributed by atoms with van der Waals surface area (Å²) < 4.78 is 27.4. The quantitative estimate of drug-likeness (QED) is 0.310. The molecule has 2 fully saturated rings. The molecule has 1 saturated carbocycles. The monoisotopic (exact) mass is 571 g/mol. The molecule has 2 amide bonds. The van der Waals surface area contributed by atoms with E-state index in [4.69, 9.17) is 0 Å². The number of ketones is 2. The van der Waals surface area contributed by atoms with Gasteiger partial charge in [0.1, 0.15) is 17.4 Å². The summed E-state index contributed by atoms with van der Waals surface area (Å²) in [6.45, 7) is 3.63. The number of aryl methyl sites for hydroxylation is 2. The van der Waals surface area contributed by atoms with Gasteiger partial charge in [0.15, 0.2) is 5.78 Å². The molecule has 42 heavy (non-hydrogen) atoms. The molecule has 3 aromatic rings. The number of hydrogen-bond acceptors (Lipinski definition) is 6. The van der Waals surface area contributed by atoms with Gasteiger partial charge in [-0.05, 0) is 54.2 Å². The SMILES string of the molecule is O=C1CCC(N2C(=O)c3cccc(CCc4ccc(CN5CCN(c6ccc(F)cc6F)CC5)cc4)c3C2=O)C(=O)C1. The summed E-state index contributed by atoms with van der Waals surface area (Å²) in [6, 6.07) is 16.4. The van der Waals surface area contributed by atoms with Crippen LogP contribution in [0.2, 0.25) is 0 Å². The Bertz CT molecular complexity index is 1560. The van der Waals surface area contributed by atoms with Crippen molar-refractivity contribution < 1.29 is 28.0 Å². The number of anilines is 1. The minimum Gasteiger partial charge on any atom is -0.367 e. The molecule has 216 valence electrons. The zero-order valence-electron chi connectivity index (χ0n) is 23.2. The predicted molar refractivity (Wildman–Crippen MR) is 152 cm³/mol. The third-order valence-corrected chi connectivity index (χ3v) is 8.52. The van der Waals surface area contributed by atoms with Crippen LogP contribution in [0.3, 0.4) is 0 Å². The first-order valence-corrected chi connectivity index (χ1v) is 14.3. The lowest BCUT2D eigenvalue weighted by Gasteiger charge is -2.36. The van der Waals surface area contributed by atoms with Crippen LogP contribution in [0.5, 0.6) is 0 Å². The van der Waals surface area contributed by atoms with E-state index in [1.807, 2.05) is 11.0 Å². The Labute approximate surface area is 242 Å². The number of benzene rings is 3. The van der Waals surface area contributed by atoms with Gasteiger partial charge in [-0.25, -0.2) is 8.78 Å². The smallest absolute Gasteiger partial charge is 0.262 e. The minimum atomic E-state index is -0.873. The predicted octanol–water partition coefficient (Wildman–Crippen LogP) is 4.36. The molecule has 3 aromatic carbocycles. The van der Waals surface area contributed by atoms with E-state index in [0.29, 0.717) is 42.7 Å². The van der Waals surface area contributed by atoms with Crippen LogP contribution in [0.15, 0.2) is 60.7 Å². The molecule has 0 radical (unpaired) electrons. The van der Waals surface area contributed by atoms with E-state index in [1.165, 1.54) is 12.1 Å². The number of carbonyl (C=O) groups excluding carboxylic acids is 4. The Morgan fingerprint density at radius 2 is 1.52 bits per heavy atom. The fourth-order valence-corrected chi connectivity index (χ4v) is 6.23. The van der Waals surface area contributed by atoms with Crippen LogP contribution in [0.1, 0.15) is 56.7 Å². The lowest BCUT2D eigenvalue weighted by molar-refractivity contribution is -0.132. The maximum atomic E-state index is 14.2. The summed E-state index contributed by atoms with van der Waals surface area (Å²) in [6.07, 6.45) is 1.39. The maximum absolute atomic E-state index is 14.2. The molecule has 0 bridgehead atoms. The highest BCUT2D eigenvalue weighted by atomic mass is 19.1. The fraction of sp³-hybridized carbons (Fsp3) is 0.333. The molecule has 2 heterocycles. The first kappa shape index (κ1) is 27.9. The van der Waals surface area contributed by atoms with Crippen molar-refractivity contribution in [3.63, 3.8) is 0 Å². The fourth-order valence-electron chi connectivity index (χ4n) is 6.23. The van der Waals surface area contributed by atoms with Gasteiger partial charge in [-0.3, -0.25) is 29.0 Å².